The van der Waals surface area contributed by atoms with E-state index in [0.717, 1.165) is 0 Å². The summed E-state index contributed by atoms with van der Waals surface area (Å²) >= 11 is 0. The average Bonchev–Trinajstić information content (AvgIpc) is 2.66. The molecule has 0 unspecified atom stereocenters. The van der Waals surface area contributed by atoms with Gasteiger partial charge in [0.15, 0.2) is 5.69 Å². The Bertz CT molecular complexity index is 1000. The second-order valence-electron chi connectivity index (χ2n) is 5.95. The normalized spacial score (nSPS) is 11.4. The first-order valence-electron chi connectivity index (χ1n) is 8.22. The Morgan fingerprint density at radius 1 is 0.893 bits per heavy atom. The molecule has 1 N–H and O–H groups in total. The van der Waals surface area contributed by atoms with Crippen molar-refractivity contribution < 1.29 is 27.8 Å². The lowest BCUT2D eigenvalue weighted by Crippen LogP contribution is -2.13. The third-order valence-electron chi connectivity index (χ3n) is 4.13. The quantitative estimate of drug-likeness (QED) is 0.689. The highest BCUT2D eigenvalue weighted by Gasteiger charge is 2.38. The summed E-state index contributed by atoms with van der Waals surface area (Å²) in [5, 5.41) is 10.4. The van der Waals surface area contributed by atoms with Crippen molar-refractivity contribution in [2.45, 2.75) is 13.1 Å². The topological polar surface area (TPSA) is 64.5 Å². The van der Waals surface area contributed by atoms with Gasteiger partial charge in [0.2, 0.25) is 0 Å². The molecule has 0 spiro atoms. The number of rotatable bonds is 4. The average molecular weight is 390 g/mol. The van der Waals surface area contributed by atoms with E-state index in [1.165, 1.54) is 51.5 Å². The summed E-state index contributed by atoms with van der Waals surface area (Å²) in [6, 6.07) is 10.4. The molecule has 3 aromatic rings. The highest BCUT2D eigenvalue weighted by molar-refractivity contribution is 5.85. The second-order valence-corrected chi connectivity index (χ2v) is 5.95. The lowest BCUT2D eigenvalue weighted by atomic mass is 9.96. The molecule has 28 heavy (non-hydrogen) atoms. The van der Waals surface area contributed by atoms with Gasteiger partial charge in [-0.25, -0.2) is 9.97 Å². The van der Waals surface area contributed by atoms with Gasteiger partial charge in [0, 0.05) is 17.2 Å². The molecular weight excluding hydrogens is 373 g/mol. The molecule has 0 radical (unpaired) electrons. The molecule has 0 bridgehead atoms. The zero-order valence-electron chi connectivity index (χ0n) is 15.3. The summed E-state index contributed by atoms with van der Waals surface area (Å²) in [5.41, 5.74) is -0.928. The van der Waals surface area contributed by atoms with Crippen molar-refractivity contribution in [3.05, 3.63) is 54.0 Å². The number of aromatic nitrogens is 2. The van der Waals surface area contributed by atoms with E-state index >= 15 is 0 Å². The maximum Gasteiger partial charge on any atom is 0.434 e. The fraction of sp³-hybridized carbons (Fsp3) is 0.200. The second kappa shape index (κ2) is 7.38. The number of methoxy groups -OCH3 is 2. The number of aryl methyl sites for hydroxylation is 1. The van der Waals surface area contributed by atoms with Crippen molar-refractivity contribution in [1.82, 2.24) is 9.97 Å². The molecule has 146 valence electrons. The Hall–Kier alpha value is -3.29. The molecule has 0 aliphatic heterocycles. The van der Waals surface area contributed by atoms with Crippen LogP contribution in [0.2, 0.25) is 0 Å². The van der Waals surface area contributed by atoms with Crippen LogP contribution >= 0.6 is 0 Å². The van der Waals surface area contributed by atoms with Crippen LogP contribution in [0.25, 0.3) is 22.4 Å². The van der Waals surface area contributed by atoms with E-state index in [-0.39, 0.29) is 34.0 Å². The molecule has 0 atom stereocenters. The van der Waals surface area contributed by atoms with Crippen LogP contribution in [-0.2, 0) is 6.18 Å². The first-order chi connectivity index (χ1) is 13.2. The van der Waals surface area contributed by atoms with Gasteiger partial charge >= 0.3 is 6.18 Å². The number of benzene rings is 2. The van der Waals surface area contributed by atoms with E-state index in [1.807, 2.05) is 0 Å². The largest absolute Gasteiger partial charge is 0.507 e. The minimum atomic E-state index is -4.71. The van der Waals surface area contributed by atoms with Crippen molar-refractivity contribution in [2.24, 2.45) is 0 Å². The number of halogens is 3. The van der Waals surface area contributed by atoms with Crippen molar-refractivity contribution in [3.63, 3.8) is 0 Å². The third kappa shape index (κ3) is 3.71. The van der Waals surface area contributed by atoms with Crippen molar-refractivity contribution in [3.8, 4) is 39.6 Å². The van der Waals surface area contributed by atoms with Gasteiger partial charge in [0.05, 0.1) is 19.9 Å². The number of hydrogen-bond acceptors (Lipinski definition) is 5. The van der Waals surface area contributed by atoms with Gasteiger partial charge in [-0.15, -0.1) is 0 Å². The highest BCUT2D eigenvalue weighted by atomic mass is 19.4. The van der Waals surface area contributed by atoms with E-state index < -0.39 is 11.9 Å². The molecule has 0 saturated carbocycles. The van der Waals surface area contributed by atoms with E-state index in [9.17, 15) is 18.3 Å². The summed E-state index contributed by atoms with van der Waals surface area (Å²) in [6.45, 7) is 1.37. The van der Waals surface area contributed by atoms with E-state index in [1.54, 1.807) is 12.1 Å². The van der Waals surface area contributed by atoms with Crippen LogP contribution in [0.3, 0.4) is 0 Å². The van der Waals surface area contributed by atoms with Gasteiger partial charge in [0.1, 0.15) is 23.1 Å². The highest BCUT2D eigenvalue weighted by Crippen LogP contribution is 2.43. The van der Waals surface area contributed by atoms with Crippen LogP contribution in [0.15, 0.2) is 42.5 Å². The van der Waals surface area contributed by atoms with E-state index in [4.69, 9.17) is 9.47 Å². The molecule has 0 saturated heterocycles. The van der Waals surface area contributed by atoms with E-state index in [0.29, 0.717) is 11.5 Å². The minimum absolute atomic E-state index is 0.0230. The molecule has 0 amide bonds. The fourth-order valence-corrected chi connectivity index (χ4v) is 2.84. The van der Waals surface area contributed by atoms with Crippen LogP contribution in [0.1, 0.15) is 11.5 Å². The Labute approximate surface area is 159 Å². The predicted molar refractivity (Wildman–Crippen MR) is 97.4 cm³/mol. The van der Waals surface area contributed by atoms with Gasteiger partial charge in [-0.1, -0.05) is 12.1 Å². The zero-order chi connectivity index (χ0) is 20.5. The van der Waals surface area contributed by atoms with Crippen LogP contribution in [0.4, 0.5) is 13.2 Å². The number of phenols is 1. The molecule has 0 aliphatic carbocycles. The van der Waals surface area contributed by atoms with Crippen LogP contribution in [0, 0.1) is 6.92 Å². The molecule has 8 heteroatoms. The number of nitrogens with zero attached hydrogens (tertiary/aromatic N) is 2. The van der Waals surface area contributed by atoms with Crippen molar-refractivity contribution >= 4 is 0 Å². The third-order valence-corrected chi connectivity index (χ3v) is 4.13. The number of alkyl halides is 3. The van der Waals surface area contributed by atoms with Crippen molar-refractivity contribution in [1.29, 1.82) is 0 Å². The zero-order valence-corrected chi connectivity index (χ0v) is 15.3. The summed E-state index contributed by atoms with van der Waals surface area (Å²) in [4.78, 5) is 7.85. The fourth-order valence-electron chi connectivity index (χ4n) is 2.84. The predicted octanol–water partition coefficient (Wildman–Crippen LogP) is 4.86. The Morgan fingerprint density at radius 3 is 2.04 bits per heavy atom. The SMILES string of the molecule is COc1ccc(-c2c(-c3ccc(OC)cc3O)nc(C)nc2C(F)(F)F)cc1. The number of phenolic OH excluding ortho intramolecular Hbond substituents is 1. The van der Waals surface area contributed by atoms with Crippen LogP contribution in [-0.4, -0.2) is 29.3 Å². The lowest BCUT2D eigenvalue weighted by Gasteiger charge is -2.18. The number of ether oxygens (including phenoxy) is 2. The molecule has 0 fully saturated rings. The lowest BCUT2D eigenvalue weighted by molar-refractivity contribution is -0.140. The van der Waals surface area contributed by atoms with E-state index in [2.05, 4.69) is 9.97 Å². The molecule has 1 heterocycles. The molecule has 5 nitrogen and oxygen atoms in total. The van der Waals surface area contributed by atoms with Gasteiger partial charge in [-0.05, 0) is 36.8 Å². The molecule has 2 aromatic carbocycles. The smallest absolute Gasteiger partial charge is 0.434 e. The summed E-state index contributed by atoms with van der Waals surface area (Å²) in [7, 11) is 2.89. The maximum absolute atomic E-state index is 13.8. The molecule has 1 aromatic heterocycles. The van der Waals surface area contributed by atoms with Crippen molar-refractivity contribution in [2.75, 3.05) is 14.2 Å². The Balaban J connectivity index is 2.34. The van der Waals surface area contributed by atoms with Crippen LogP contribution < -0.4 is 9.47 Å². The Morgan fingerprint density at radius 2 is 1.50 bits per heavy atom. The summed E-state index contributed by atoms with van der Waals surface area (Å²) in [6.07, 6.45) is -4.71. The van der Waals surface area contributed by atoms with Crippen LogP contribution in [0.5, 0.6) is 17.2 Å². The first-order valence-corrected chi connectivity index (χ1v) is 8.22. The molecule has 3 rings (SSSR count). The first kappa shape index (κ1) is 19.5. The monoisotopic (exact) mass is 390 g/mol. The molecular formula is C20H17F3N2O3. The minimum Gasteiger partial charge on any atom is -0.507 e. The standard InChI is InChI=1S/C20H17F3N2O3/c1-11-24-18(15-9-8-14(28-3)10-16(15)26)17(19(25-11)20(21,22)23)12-4-6-13(27-2)7-5-12/h4-10,26H,1-3H3. The van der Waals surface area contributed by atoms with Gasteiger partial charge in [-0.2, -0.15) is 13.2 Å². The van der Waals surface area contributed by atoms with Gasteiger partial charge in [0.25, 0.3) is 0 Å². The number of aromatic hydroxyl groups is 1. The van der Waals surface area contributed by atoms with Gasteiger partial charge in [-0.3, -0.25) is 0 Å². The summed E-state index contributed by atoms with van der Waals surface area (Å²) < 4.78 is 51.4. The van der Waals surface area contributed by atoms with Gasteiger partial charge < -0.3 is 14.6 Å². The molecule has 0 aliphatic rings. The Kier molecular flexibility index (Phi) is 5.13. The summed E-state index contributed by atoms with van der Waals surface area (Å²) in [5.74, 6) is 0.559. The maximum atomic E-state index is 13.8. The number of hydrogen-bond donors (Lipinski definition) is 1.